The minimum Gasteiger partial charge on any atom is -0.494 e. The van der Waals surface area contributed by atoms with Crippen LogP contribution in [-0.4, -0.2) is 44.9 Å². The summed E-state index contributed by atoms with van der Waals surface area (Å²) in [5.41, 5.74) is 0. The molecule has 1 aliphatic heterocycles. The van der Waals surface area contributed by atoms with Gasteiger partial charge in [-0.15, -0.1) is 0 Å². The lowest BCUT2D eigenvalue weighted by molar-refractivity contribution is -0.119. The Morgan fingerprint density at radius 2 is 2.12 bits per heavy atom. The zero-order valence-electron chi connectivity index (χ0n) is 14.1. The SMILES string of the molecule is CCC[C@H]1CN(S(=O)(=O)c2ccc(OC)c(F)c2)C[C@@H]1NC(C)=O. The average Bonchev–Trinajstić information content (AvgIpc) is 2.90. The maximum atomic E-state index is 13.8. The quantitative estimate of drug-likeness (QED) is 0.841. The summed E-state index contributed by atoms with van der Waals surface area (Å²) in [7, 11) is -2.50. The third kappa shape index (κ3) is 3.87. The van der Waals surface area contributed by atoms with Gasteiger partial charge in [-0.25, -0.2) is 12.8 Å². The van der Waals surface area contributed by atoms with Crippen molar-refractivity contribution in [1.29, 1.82) is 0 Å². The smallest absolute Gasteiger partial charge is 0.243 e. The highest BCUT2D eigenvalue weighted by molar-refractivity contribution is 7.89. The van der Waals surface area contributed by atoms with Gasteiger partial charge in [0.05, 0.1) is 12.0 Å². The monoisotopic (exact) mass is 358 g/mol. The molecule has 2 atom stereocenters. The summed E-state index contributed by atoms with van der Waals surface area (Å²) in [6.07, 6.45) is 1.71. The highest BCUT2D eigenvalue weighted by Crippen LogP contribution is 2.29. The lowest BCUT2D eigenvalue weighted by Crippen LogP contribution is -2.39. The summed E-state index contributed by atoms with van der Waals surface area (Å²) in [5, 5.41) is 2.82. The number of ether oxygens (including phenoxy) is 1. The van der Waals surface area contributed by atoms with Crippen LogP contribution in [0.5, 0.6) is 5.75 Å². The molecular formula is C16H23FN2O4S. The average molecular weight is 358 g/mol. The molecule has 1 fully saturated rings. The Morgan fingerprint density at radius 1 is 1.42 bits per heavy atom. The Labute approximate surface area is 142 Å². The van der Waals surface area contributed by atoms with Crippen molar-refractivity contribution < 1.29 is 22.3 Å². The van der Waals surface area contributed by atoms with E-state index in [9.17, 15) is 17.6 Å². The predicted octanol–water partition coefficient (Wildman–Crippen LogP) is 1.76. The van der Waals surface area contributed by atoms with E-state index < -0.39 is 15.8 Å². The summed E-state index contributed by atoms with van der Waals surface area (Å²) < 4.78 is 45.5. The van der Waals surface area contributed by atoms with Crippen molar-refractivity contribution in [3.63, 3.8) is 0 Å². The highest BCUT2D eigenvalue weighted by Gasteiger charge is 2.39. The van der Waals surface area contributed by atoms with Crippen LogP contribution in [0.3, 0.4) is 0 Å². The standard InChI is InChI=1S/C16H23FN2O4S/c1-4-5-12-9-19(10-15(12)18-11(2)20)24(21,22)13-6-7-16(23-3)14(17)8-13/h6-8,12,15H,4-5,9-10H2,1-3H3,(H,18,20)/t12-,15-/m0/s1. The van der Waals surface area contributed by atoms with Crippen LogP contribution in [0.15, 0.2) is 23.1 Å². The van der Waals surface area contributed by atoms with Crippen LogP contribution in [0.1, 0.15) is 26.7 Å². The minimum absolute atomic E-state index is 0.00430. The van der Waals surface area contributed by atoms with E-state index in [0.29, 0.717) is 6.54 Å². The van der Waals surface area contributed by atoms with Crippen molar-refractivity contribution in [2.24, 2.45) is 5.92 Å². The first-order chi connectivity index (χ1) is 11.3. The van der Waals surface area contributed by atoms with Gasteiger partial charge in [0.2, 0.25) is 15.9 Å². The van der Waals surface area contributed by atoms with E-state index in [1.807, 2.05) is 6.92 Å². The molecule has 134 valence electrons. The van der Waals surface area contributed by atoms with Crippen molar-refractivity contribution >= 4 is 15.9 Å². The Bertz CT molecular complexity index is 708. The van der Waals surface area contributed by atoms with Gasteiger partial charge in [0, 0.05) is 26.1 Å². The molecule has 1 aromatic rings. The van der Waals surface area contributed by atoms with Gasteiger partial charge >= 0.3 is 0 Å². The number of carbonyl (C=O) groups excluding carboxylic acids is 1. The van der Waals surface area contributed by atoms with E-state index in [2.05, 4.69) is 5.32 Å². The Hall–Kier alpha value is -1.67. The largest absolute Gasteiger partial charge is 0.494 e. The fourth-order valence-electron chi connectivity index (χ4n) is 3.07. The lowest BCUT2D eigenvalue weighted by atomic mass is 9.98. The second-order valence-corrected chi connectivity index (χ2v) is 7.91. The molecule has 1 aliphatic rings. The third-order valence-corrected chi connectivity index (χ3v) is 6.04. The maximum absolute atomic E-state index is 13.8. The number of carbonyl (C=O) groups is 1. The van der Waals surface area contributed by atoms with Gasteiger partial charge in [0.1, 0.15) is 0 Å². The predicted molar refractivity (Wildman–Crippen MR) is 87.7 cm³/mol. The van der Waals surface area contributed by atoms with Gasteiger partial charge in [0.25, 0.3) is 0 Å². The topological polar surface area (TPSA) is 75.7 Å². The van der Waals surface area contributed by atoms with Crippen molar-refractivity contribution in [3.8, 4) is 5.75 Å². The molecule has 0 unspecified atom stereocenters. The number of rotatable bonds is 6. The Morgan fingerprint density at radius 3 is 2.67 bits per heavy atom. The molecule has 1 aromatic carbocycles. The molecule has 1 amide bonds. The van der Waals surface area contributed by atoms with Gasteiger partial charge in [-0.05, 0) is 30.5 Å². The van der Waals surface area contributed by atoms with Crippen molar-refractivity contribution in [2.45, 2.75) is 37.6 Å². The number of methoxy groups -OCH3 is 1. The molecule has 1 heterocycles. The molecule has 24 heavy (non-hydrogen) atoms. The molecule has 0 aromatic heterocycles. The van der Waals surface area contributed by atoms with E-state index >= 15 is 0 Å². The van der Waals surface area contributed by atoms with E-state index in [1.165, 1.54) is 30.5 Å². The summed E-state index contributed by atoms with van der Waals surface area (Å²) in [5.74, 6) is -0.857. The second kappa shape index (κ2) is 7.48. The van der Waals surface area contributed by atoms with E-state index in [1.54, 1.807) is 0 Å². The van der Waals surface area contributed by atoms with Gasteiger partial charge in [0.15, 0.2) is 11.6 Å². The third-order valence-electron chi connectivity index (χ3n) is 4.22. The number of amides is 1. The normalized spacial score (nSPS) is 21.7. The van der Waals surface area contributed by atoms with Crippen LogP contribution in [0.4, 0.5) is 4.39 Å². The summed E-state index contributed by atoms with van der Waals surface area (Å²) in [6.45, 7) is 3.94. The lowest BCUT2D eigenvalue weighted by Gasteiger charge is -2.18. The Kier molecular flexibility index (Phi) is 5.82. The minimum atomic E-state index is -3.82. The summed E-state index contributed by atoms with van der Waals surface area (Å²) in [6, 6.07) is 3.37. The molecular weight excluding hydrogens is 335 g/mol. The number of hydrogen-bond acceptors (Lipinski definition) is 4. The van der Waals surface area contributed by atoms with E-state index in [4.69, 9.17) is 4.74 Å². The molecule has 8 heteroatoms. The van der Waals surface area contributed by atoms with E-state index in [0.717, 1.165) is 18.9 Å². The number of benzene rings is 1. The van der Waals surface area contributed by atoms with Crippen LogP contribution in [0.2, 0.25) is 0 Å². The molecule has 0 bridgehead atoms. The van der Waals surface area contributed by atoms with Crippen molar-refractivity contribution in [1.82, 2.24) is 9.62 Å². The first-order valence-corrected chi connectivity index (χ1v) is 9.34. The zero-order chi connectivity index (χ0) is 17.9. The zero-order valence-corrected chi connectivity index (χ0v) is 14.9. The van der Waals surface area contributed by atoms with Crippen LogP contribution in [0, 0.1) is 11.7 Å². The first kappa shape index (κ1) is 18.7. The summed E-state index contributed by atoms with van der Waals surface area (Å²) in [4.78, 5) is 11.2. The number of nitrogens with one attached hydrogen (secondary N) is 1. The first-order valence-electron chi connectivity index (χ1n) is 7.90. The fraction of sp³-hybridized carbons (Fsp3) is 0.562. The molecule has 0 aliphatic carbocycles. The van der Waals surface area contributed by atoms with Crippen molar-refractivity contribution in [2.75, 3.05) is 20.2 Å². The molecule has 0 spiro atoms. The number of sulfonamides is 1. The Balaban J connectivity index is 2.26. The number of nitrogens with zero attached hydrogens (tertiary/aromatic N) is 1. The van der Waals surface area contributed by atoms with E-state index in [-0.39, 0.29) is 35.1 Å². The van der Waals surface area contributed by atoms with Gasteiger partial charge in [-0.2, -0.15) is 4.31 Å². The highest BCUT2D eigenvalue weighted by atomic mass is 32.2. The molecule has 1 N–H and O–H groups in total. The van der Waals surface area contributed by atoms with Crippen LogP contribution < -0.4 is 10.1 Å². The van der Waals surface area contributed by atoms with Gasteiger partial charge in [-0.1, -0.05) is 13.3 Å². The van der Waals surface area contributed by atoms with Crippen molar-refractivity contribution in [3.05, 3.63) is 24.0 Å². The number of halogens is 1. The summed E-state index contributed by atoms with van der Waals surface area (Å²) >= 11 is 0. The second-order valence-electron chi connectivity index (χ2n) is 5.97. The molecule has 6 nitrogen and oxygen atoms in total. The molecule has 0 radical (unpaired) electrons. The van der Waals surface area contributed by atoms with Gasteiger partial charge in [-0.3, -0.25) is 4.79 Å². The molecule has 2 rings (SSSR count). The van der Waals surface area contributed by atoms with Crippen LogP contribution >= 0.6 is 0 Å². The van der Waals surface area contributed by atoms with Crippen LogP contribution in [-0.2, 0) is 14.8 Å². The number of hydrogen-bond donors (Lipinski definition) is 1. The van der Waals surface area contributed by atoms with Crippen LogP contribution in [0.25, 0.3) is 0 Å². The maximum Gasteiger partial charge on any atom is 0.243 e. The molecule has 0 saturated carbocycles. The molecule has 1 saturated heterocycles. The fourth-order valence-corrected chi connectivity index (χ4v) is 4.61. The van der Waals surface area contributed by atoms with Gasteiger partial charge < -0.3 is 10.1 Å².